The number of phenols is 1. The first-order valence-electron chi connectivity index (χ1n) is 6.44. The zero-order valence-electron chi connectivity index (χ0n) is 11.4. The van der Waals surface area contributed by atoms with Crippen molar-refractivity contribution in [1.82, 2.24) is 10.2 Å². The van der Waals surface area contributed by atoms with Crippen LogP contribution < -0.4 is 5.32 Å². The molecule has 1 heterocycles. The van der Waals surface area contributed by atoms with E-state index in [4.69, 9.17) is 0 Å². The van der Waals surface area contributed by atoms with E-state index in [1.807, 2.05) is 13.8 Å². The number of aromatic hydroxyl groups is 1. The topological polar surface area (TPSA) is 35.5 Å². The largest absolute Gasteiger partial charge is 0.508 e. The van der Waals surface area contributed by atoms with Gasteiger partial charge in [0.15, 0.2) is 0 Å². The van der Waals surface area contributed by atoms with Crippen LogP contribution in [0.4, 0.5) is 4.39 Å². The quantitative estimate of drug-likeness (QED) is 0.896. The molecule has 0 radical (unpaired) electrons. The molecule has 1 aliphatic rings. The lowest BCUT2D eigenvalue weighted by Gasteiger charge is -2.35. The minimum absolute atomic E-state index is 0. The molecular weight excluding hydrogens is 267 g/mol. The lowest BCUT2D eigenvalue weighted by atomic mass is 9.95. The summed E-state index contributed by atoms with van der Waals surface area (Å²) in [6.45, 7) is 7.05. The Morgan fingerprint density at radius 1 is 1.26 bits per heavy atom. The lowest BCUT2D eigenvalue weighted by molar-refractivity contribution is 0.146. The zero-order chi connectivity index (χ0) is 13.1. The maximum atomic E-state index is 13.5. The minimum Gasteiger partial charge on any atom is -0.508 e. The van der Waals surface area contributed by atoms with Gasteiger partial charge in [-0.2, -0.15) is 0 Å². The Bertz CT molecular complexity index is 399. The average molecular weight is 289 g/mol. The molecule has 1 saturated heterocycles. The molecule has 0 aliphatic carbocycles. The van der Waals surface area contributed by atoms with Crippen molar-refractivity contribution < 1.29 is 9.50 Å². The van der Waals surface area contributed by atoms with Gasteiger partial charge in [0.05, 0.1) is 6.04 Å². The second kappa shape index (κ2) is 7.08. The highest BCUT2D eigenvalue weighted by atomic mass is 35.5. The van der Waals surface area contributed by atoms with Gasteiger partial charge in [-0.1, -0.05) is 0 Å². The zero-order valence-corrected chi connectivity index (χ0v) is 12.3. The molecule has 2 N–H and O–H groups in total. The van der Waals surface area contributed by atoms with Crippen LogP contribution in [0.5, 0.6) is 5.75 Å². The van der Waals surface area contributed by atoms with Crippen molar-refractivity contribution in [1.29, 1.82) is 0 Å². The SMILES string of the molecule is Cc1cc(O)cc(C)c1[C@@H](CF)N1CCNCC1.Cl. The smallest absolute Gasteiger partial charge is 0.116 e. The van der Waals surface area contributed by atoms with Crippen molar-refractivity contribution in [3.8, 4) is 5.75 Å². The Labute approximate surface area is 120 Å². The third-order valence-electron chi connectivity index (χ3n) is 3.65. The van der Waals surface area contributed by atoms with Crippen LogP contribution in [0.3, 0.4) is 0 Å². The highest BCUT2D eigenvalue weighted by Gasteiger charge is 2.25. The van der Waals surface area contributed by atoms with Gasteiger partial charge in [-0.3, -0.25) is 4.90 Å². The van der Waals surface area contributed by atoms with Crippen molar-refractivity contribution in [2.45, 2.75) is 19.9 Å². The Balaban J connectivity index is 0.00000180. The Morgan fingerprint density at radius 3 is 2.26 bits per heavy atom. The molecule has 0 spiro atoms. The Hall–Kier alpha value is -0.840. The normalized spacial score (nSPS) is 17.8. The number of benzene rings is 1. The molecule has 1 atom stereocenters. The first-order valence-corrected chi connectivity index (χ1v) is 6.44. The van der Waals surface area contributed by atoms with Crippen LogP contribution in [0.25, 0.3) is 0 Å². The predicted molar refractivity (Wildman–Crippen MR) is 78.0 cm³/mol. The number of hydrogen-bond donors (Lipinski definition) is 2. The second-order valence-corrected chi connectivity index (χ2v) is 4.95. The van der Waals surface area contributed by atoms with Crippen molar-refractivity contribution in [3.63, 3.8) is 0 Å². The van der Waals surface area contributed by atoms with Gasteiger partial charge in [-0.05, 0) is 42.7 Å². The number of piperazine rings is 1. The summed E-state index contributed by atoms with van der Waals surface area (Å²) in [5.41, 5.74) is 2.96. The lowest BCUT2D eigenvalue weighted by Crippen LogP contribution is -2.46. The van der Waals surface area contributed by atoms with Crippen LogP contribution in [0, 0.1) is 13.8 Å². The van der Waals surface area contributed by atoms with E-state index in [0.717, 1.165) is 42.9 Å². The number of nitrogens with one attached hydrogen (secondary N) is 1. The monoisotopic (exact) mass is 288 g/mol. The maximum absolute atomic E-state index is 13.5. The molecule has 0 saturated carbocycles. The number of halogens is 2. The Kier molecular flexibility index (Phi) is 6.04. The van der Waals surface area contributed by atoms with Crippen molar-refractivity contribution in [2.24, 2.45) is 0 Å². The number of nitrogens with zero attached hydrogens (tertiary/aromatic N) is 1. The summed E-state index contributed by atoms with van der Waals surface area (Å²) in [6.07, 6.45) is 0. The number of hydrogen-bond acceptors (Lipinski definition) is 3. The van der Waals surface area contributed by atoms with Gasteiger partial charge in [0.2, 0.25) is 0 Å². The predicted octanol–water partition coefficient (Wildman–Crippen LogP) is 2.35. The van der Waals surface area contributed by atoms with E-state index in [1.165, 1.54) is 0 Å². The molecule has 1 aromatic carbocycles. The van der Waals surface area contributed by atoms with Crippen LogP contribution >= 0.6 is 12.4 Å². The fourth-order valence-corrected chi connectivity index (χ4v) is 2.83. The summed E-state index contributed by atoms with van der Waals surface area (Å²) in [5, 5.41) is 12.8. The summed E-state index contributed by atoms with van der Waals surface area (Å²) in [7, 11) is 0. The third kappa shape index (κ3) is 3.59. The maximum Gasteiger partial charge on any atom is 0.116 e. The van der Waals surface area contributed by atoms with E-state index in [-0.39, 0.29) is 30.9 Å². The minimum atomic E-state index is -0.382. The van der Waals surface area contributed by atoms with Gasteiger partial charge >= 0.3 is 0 Å². The summed E-state index contributed by atoms with van der Waals surface area (Å²) >= 11 is 0. The molecule has 3 nitrogen and oxygen atoms in total. The van der Waals surface area contributed by atoms with E-state index in [9.17, 15) is 9.50 Å². The molecule has 0 amide bonds. The van der Waals surface area contributed by atoms with Gasteiger partial charge in [-0.15, -0.1) is 12.4 Å². The fraction of sp³-hybridized carbons (Fsp3) is 0.571. The Morgan fingerprint density at radius 2 is 1.79 bits per heavy atom. The summed E-state index contributed by atoms with van der Waals surface area (Å²) in [5.74, 6) is 0.256. The van der Waals surface area contributed by atoms with Crippen LogP contribution in [-0.4, -0.2) is 42.9 Å². The molecule has 0 bridgehead atoms. The number of alkyl halides is 1. The second-order valence-electron chi connectivity index (χ2n) is 4.95. The van der Waals surface area contributed by atoms with Crippen LogP contribution in [0.1, 0.15) is 22.7 Å². The molecule has 1 fully saturated rings. The molecule has 1 aromatic rings. The number of aryl methyl sites for hydroxylation is 2. The van der Waals surface area contributed by atoms with E-state index in [0.29, 0.717) is 0 Å². The van der Waals surface area contributed by atoms with Gasteiger partial charge in [0, 0.05) is 26.2 Å². The standard InChI is InChI=1S/C14H21FN2O.ClH/c1-10-7-12(18)8-11(2)14(10)13(9-15)17-5-3-16-4-6-17;/h7-8,13,16,18H,3-6,9H2,1-2H3;1H/t13-;/m1./s1. The first kappa shape index (κ1) is 16.2. The van der Waals surface area contributed by atoms with E-state index >= 15 is 0 Å². The fourth-order valence-electron chi connectivity index (χ4n) is 2.83. The van der Waals surface area contributed by atoms with Crippen molar-refractivity contribution in [2.75, 3.05) is 32.9 Å². The highest BCUT2D eigenvalue weighted by Crippen LogP contribution is 2.30. The summed E-state index contributed by atoms with van der Waals surface area (Å²) in [4.78, 5) is 2.18. The molecule has 1 aliphatic heterocycles. The van der Waals surface area contributed by atoms with Crippen LogP contribution in [0.15, 0.2) is 12.1 Å². The van der Waals surface area contributed by atoms with Crippen LogP contribution in [-0.2, 0) is 0 Å². The number of phenolic OH excluding ortho intramolecular Hbond substituents is 1. The number of rotatable bonds is 3. The van der Waals surface area contributed by atoms with E-state index in [1.54, 1.807) is 12.1 Å². The van der Waals surface area contributed by atoms with Crippen molar-refractivity contribution >= 4 is 12.4 Å². The van der Waals surface area contributed by atoms with Crippen LogP contribution in [0.2, 0.25) is 0 Å². The molecular formula is C14H22ClFN2O. The molecule has 5 heteroatoms. The molecule has 0 unspecified atom stereocenters. The van der Waals surface area contributed by atoms with Gasteiger partial charge < -0.3 is 10.4 Å². The highest BCUT2D eigenvalue weighted by molar-refractivity contribution is 5.85. The van der Waals surface area contributed by atoms with E-state index in [2.05, 4.69) is 10.2 Å². The average Bonchev–Trinajstić information content (AvgIpc) is 2.34. The molecule has 2 rings (SSSR count). The third-order valence-corrected chi connectivity index (χ3v) is 3.65. The molecule has 108 valence electrons. The van der Waals surface area contributed by atoms with Crippen molar-refractivity contribution in [3.05, 3.63) is 28.8 Å². The summed E-state index contributed by atoms with van der Waals surface area (Å²) < 4.78 is 13.5. The van der Waals surface area contributed by atoms with Gasteiger partial charge in [0.1, 0.15) is 12.4 Å². The molecule has 0 aromatic heterocycles. The molecule has 19 heavy (non-hydrogen) atoms. The van der Waals surface area contributed by atoms with Gasteiger partial charge in [0.25, 0.3) is 0 Å². The first-order chi connectivity index (χ1) is 8.63. The summed E-state index contributed by atoms with van der Waals surface area (Å²) in [6, 6.07) is 3.24. The van der Waals surface area contributed by atoms with E-state index < -0.39 is 0 Å². The van der Waals surface area contributed by atoms with Gasteiger partial charge in [-0.25, -0.2) is 4.39 Å².